The molecule has 26 heavy (non-hydrogen) atoms. The van der Waals surface area contributed by atoms with Crippen molar-refractivity contribution in [3.63, 3.8) is 0 Å². The van der Waals surface area contributed by atoms with Gasteiger partial charge < -0.3 is 9.47 Å². The quantitative estimate of drug-likeness (QED) is 0.515. The molecular weight excluding hydrogens is 325 g/mol. The highest BCUT2D eigenvalue weighted by Crippen LogP contribution is 2.24. The molecule has 3 aromatic carbocycles. The maximum Gasteiger partial charge on any atom is 0.206 e. The Morgan fingerprint density at radius 2 is 1.54 bits per heavy atom. The van der Waals surface area contributed by atoms with Crippen LogP contribution in [-0.2, 0) is 13.1 Å². The van der Waals surface area contributed by atoms with Crippen molar-refractivity contribution in [1.82, 2.24) is 9.55 Å². The average Bonchev–Trinajstić information content (AvgIpc) is 3.03. The minimum Gasteiger partial charge on any atom is -0.341 e. The summed E-state index contributed by atoms with van der Waals surface area (Å²) in [5.74, 6) is 0.685. The van der Waals surface area contributed by atoms with Gasteiger partial charge in [-0.05, 0) is 35.4 Å². The summed E-state index contributed by atoms with van der Waals surface area (Å²) < 4.78 is 15.4. The number of anilines is 1. The van der Waals surface area contributed by atoms with Crippen molar-refractivity contribution >= 4 is 17.0 Å². The lowest BCUT2D eigenvalue weighted by molar-refractivity contribution is 0.626. The summed E-state index contributed by atoms with van der Waals surface area (Å²) in [6, 6.07) is 25.1. The fourth-order valence-corrected chi connectivity index (χ4v) is 3.21. The van der Waals surface area contributed by atoms with Crippen molar-refractivity contribution in [2.24, 2.45) is 0 Å². The van der Waals surface area contributed by atoms with E-state index in [4.69, 9.17) is 4.98 Å². The Morgan fingerprint density at radius 1 is 0.846 bits per heavy atom. The van der Waals surface area contributed by atoms with Crippen LogP contribution in [-0.4, -0.2) is 16.6 Å². The van der Waals surface area contributed by atoms with E-state index in [0.717, 1.165) is 29.1 Å². The predicted octanol–water partition coefficient (Wildman–Crippen LogP) is 4.86. The first-order chi connectivity index (χ1) is 12.7. The third kappa shape index (κ3) is 3.31. The zero-order valence-corrected chi connectivity index (χ0v) is 14.6. The summed E-state index contributed by atoms with van der Waals surface area (Å²) in [5.41, 5.74) is 4.32. The Labute approximate surface area is 152 Å². The summed E-state index contributed by atoms with van der Waals surface area (Å²) >= 11 is 0. The van der Waals surface area contributed by atoms with E-state index >= 15 is 0 Å². The molecule has 0 fully saturated rings. The monoisotopic (exact) mass is 345 g/mol. The molecule has 4 aromatic rings. The van der Waals surface area contributed by atoms with Crippen LogP contribution in [0.1, 0.15) is 11.1 Å². The van der Waals surface area contributed by atoms with Gasteiger partial charge in [0.15, 0.2) is 0 Å². The first kappa shape index (κ1) is 16.3. The minimum absolute atomic E-state index is 0.217. The Morgan fingerprint density at radius 3 is 2.31 bits per heavy atom. The molecule has 0 aliphatic rings. The van der Waals surface area contributed by atoms with E-state index in [1.807, 2.05) is 48.5 Å². The van der Waals surface area contributed by atoms with Gasteiger partial charge in [0, 0.05) is 13.6 Å². The smallest absolute Gasteiger partial charge is 0.206 e. The molecule has 0 N–H and O–H groups in total. The van der Waals surface area contributed by atoms with Crippen LogP contribution in [0.3, 0.4) is 0 Å². The van der Waals surface area contributed by atoms with Gasteiger partial charge in [-0.25, -0.2) is 9.37 Å². The number of imidazole rings is 1. The van der Waals surface area contributed by atoms with E-state index in [9.17, 15) is 4.39 Å². The zero-order chi connectivity index (χ0) is 17.9. The van der Waals surface area contributed by atoms with Crippen LogP contribution in [0.15, 0.2) is 78.9 Å². The normalized spacial score (nSPS) is 11.0. The van der Waals surface area contributed by atoms with Crippen LogP contribution >= 0.6 is 0 Å². The van der Waals surface area contributed by atoms with Crippen molar-refractivity contribution in [1.29, 1.82) is 0 Å². The maximum atomic E-state index is 13.2. The van der Waals surface area contributed by atoms with Gasteiger partial charge in [-0.2, -0.15) is 0 Å². The molecule has 0 spiro atoms. The number of benzene rings is 3. The largest absolute Gasteiger partial charge is 0.341 e. The van der Waals surface area contributed by atoms with E-state index in [1.165, 1.54) is 17.7 Å². The van der Waals surface area contributed by atoms with Gasteiger partial charge in [-0.1, -0.05) is 54.6 Å². The maximum absolute atomic E-state index is 13.2. The SMILES string of the molecule is CN(Cc1ccccc1)c1nc2ccccc2n1Cc1ccc(F)cc1. The third-order valence-corrected chi connectivity index (χ3v) is 4.49. The Bertz CT molecular complexity index is 1010. The number of fused-ring (bicyclic) bond motifs is 1. The van der Waals surface area contributed by atoms with Gasteiger partial charge in [0.1, 0.15) is 5.82 Å². The number of halogens is 1. The molecule has 0 aliphatic heterocycles. The van der Waals surface area contributed by atoms with Gasteiger partial charge >= 0.3 is 0 Å². The average molecular weight is 345 g/mol. The standard InChI is InChI=1S/C22H20FN3/c1-25(15-17-7-3-2-4-8-17)22-24-20-9-5-6-10-21(20)26(22)16-18-11-13-19(23)14-12-18/h2-14H,15-16H2,1H3. The van der Waals surface area contributed by atoms with Gasteiger partial charge in [0.25, 0.3) is 0 Å². The van der Waals surface area contributed by atoms with Crippen molar-refractivity contribution < 1.29 is 4.39 Å². The molecule has 0 amide bonds. The van der Waals surface area contributed by atoms with Gasteiger partial charge in [0.05, 0.1) is 17.6 Å². The lowest BCUT2D eigenvalue weighted by Gasteiger charge is -2.20. The number of aromatic nitrogens is 2. The van der Waals surface area contributed by atoms with Crippen LogP contribution < -0.4 is 4.90 Å². The molecule has 0 atom stereocenters. The summed E-state index contributed by atoms with van der Waals surface area (Å²) in [6.07, 6.45) is 0. The van der Waals surface area contributed by atoms with Crippen LogP contribution in [0, 0.1) is 5.82 Å². The van der Waals surface area contributed by atoms with Gasteiger partial charge in [-0.15, -0.1) is 0 Å². The van der Waals surface area contributed by atoms with Crippen molar-refractivity contribution in [2.75, 3.05) is 11.9 Å². The molecule has 130 valence electrons. The molecule has 0 saturated carbocycles. The Hall–Kier alpha value is -3.14. The summed E-state index contributed by atoms with van der Waals surface area (Å²) in [6.45, 7) is 1.42. The second-order valence-corrected chi connectivity index (χ2v) is 6.45. The second-order valence-electron chi connectivity index (χ2n) is 6.45. The van der Waals surface area contributed by atoms with Crippen molar-refractivity contribution in [3.05, 3.63) is 95.8 Å². The molecule has 4 heteroatoms. The van der Waals surface area contributed by atoms with E-state index in [1.54, 1.807) is 0 Å². The van der Waals surface area contributed by atoms with E-state index in [0.29, 0.717) is 6.54 Å². The summed E-state index contributed by atoms with van der Waals surface area (Å²) in [5, 5.41) is 0. The molecule has 1 aromatic heterocycles. The van der Waals surface area contributed by atoms with Crippen molar-refractivity contribution in [2.45, 2.75) is 13.1 Å². The Balaban J connectivity index is 1.72. The minimum atomic E-state index is -0.217. The predicted molar refractivity (Wildman–Crippen MR) is 104 cm³/mol. The molecule has 3 nitrogen and oxygen atoms in total. The molecule has 0 radical (unpaired) electrons. The number of hydrogen-bond donors (Lipinski definition) is 0. The van der Waals surface area contributed by atoms with Crippen LogP contribution in [0.2, 0.25) is 0 Å². The lowest BCUT2D eigenvalue weighted by atomic mass is 10.2. The molecule has 0 unspecified atom stereocenters. The van der Waals surface area contributed by atoms with Crippen LogP contribution in [0.25, 0.3) is 11.0 Å². The zero-order valence-electron chi connectivity index (χ0n) is 14.6. The molecule has 4 rings (SSSR count). The first-order valence-corrected chi connectivity index (χ1v) is 8.65. The number of hydrogen-bond acceptors (Lipinski definition) is 2. The molecular formula is C22H20FN3. The topological polar surface area (TPSA) is 21.1 Å². The summed E-state index contributed by atoms with van der Waals surface area (Å²) in [7, 11) is 2.05. The Kier molecular flexibility index (Phi) is 4.40. The molecule has 0 aliphatic carbocycles. The number of para-hydroxylation sites is 2. The third-order valence-electron chi connectivity index (χ3n) is 4.49. The highest BCUT2D eigenvalue weighted by Gasteiger charge is 2.15. The fraction of sp³-hybridized carbons (Fsp3) is 0.136. The second kappa shape index (κ2) is 7.00. The highest BCUT2D eigenvalue weighted by atomic mass is 19.1. The number of rotatable bonds is 5. The van der Waals surface area contributed by atoms with E-state index in [2.05, 4.69) is 34.7 Å². The van der Waals surface area contributed by atoms with Crippen molar-refractivity contribution in [3.8, 4) is 0 Å². The summed E-state index contributed by atoms with van der Waals surface area (Å²) in [4.78, 5) is 6.99. The lowest BCUT2D eigenvalue weighted by Crippen LogP contribution is -2.21. The molecule has 1 heterocycles. The highest BCUT2D eigenvalue weighted by molar-refractivity contribution is 5.79. The van der Waals surface area contributed by atoms with Gasteiger partial charge in [-0.3, -0.25) is 0 Å². The van der Waals surface area contributed by atoms with Gasteiger partial charge in [0.2, 0.25) is 5.95 Å². The fourth-order valence-electron chi connectivity index (χ4n) is 3.21. The van der Waals surface area contributed by atoms with E-state index in [-0.39, 0.29) is 5.82 Å². The number of nitrogens with zero attached hydrogens (tertiary/aromatic N) is 3. The molecule has 0 saturated heterocycles. The molecule has 0 bridgehead atoms. The van der Waals surface area contributed by atoms with E-state index < -0.39 is 0 Å². The van der Waals surface area contributed by atoms with Crippen LogP contribution in [0.5, 0.6) is 0 Å². The first-order valence-electron chi connectivity index (χ1n) is 8.65. The van der Waals surface area contributed by atoms with Crippen LogP contribution in [0.4, 0.5) is 10.3 Å².